The summed E-state index contributed by atoms with van der Waals surface area (Å²) in [7, 11) is -4.94. The number of nitrogens with one attached hydrogen (secondary N) is 4. The molecule has 0 saturated heterocycles. The summed E-state index contributed by atoms with van der Waals surface area (Å²) in [6.45, 7) is 10.9. The normalized spacial score (nSPS) is 11.0. The smallest absolute Gasteiger partial charge is 0.872 e. The van der Waals surface area contributed by atoms with Crippen molar-refractivity contribution in [2.24, 2.45) is 0 Å². The fourth-order valence-corrected chi connectivity index (χ4v) is 3.66. The Morgan fingerprint density at radius 3 is 1.21 bits per heavy atom. The Balaban J connectivity index is 0.00000208. The Kier molecular flexibility index (Phi) is 20.5. The summed E-state index contributed by atoms with van der Waals surface area (Å²) in [5, 5.41) is 38.0. The van der Waals surface area contributed by atoms with E-state index in [2.05, 4.69) is 21.3 Å². The molecule has 0 aromatic heterocycles. The average Bonchev–Trinajstić information content (AvgIpc) is 2.85. The largest absolute Gasteiger partial charge is 3.00 e. The molecule has 0 aliphatic carbocycles. The molecule has 0 atom stereocenters. The van der Waals surface area contributed by atoms with Gasteiger partial charge in [-0.1, -0.05) is 61.4 Å². The van der Waals surface area contributed by atoms with E-state index in [1.165, 1.54) is 0 Å². The van der Waals surface area contributed by atoms with Gasteiger partial charge in [-0.15, -0.1) is 21.7 Å². The molecule has 12 heteroatoms. The summed E-state index contributed by atoms with van der Waals surface area (Å²) in [5.74, 6) is 0.366. The van der Waals surface area contributed by atoms with Gasteiger partial charge in [0.25, 0.3) is 0 Å². The molecule has 0 aliphatic heterocycles. The minimum absolute atomic E-state index is 0. The van der Waals surface area contributed by atoms with Gasteiger partial charge >= 0.3 is 17.1 Å². The van der Waals surface area contributed by atoms with Gasteiger partial charge < -0.3 is 31.5 Å². The standard InChI is InChI=1S/C26H42N4O2.ClHO4.Fe/c1-3-21-9-5-11-23(25(21)31)19-29-15-7-13-27-17-18-28-14-8-16-30-20-24-12-6-10-22(4-2)26(24)32;2-1(3,4)5;/h5-6,9-12,27-32H,3-4,7-8,13-20H2,1-2H3;(H,2,3,4,5);/q;;+3/p-3. The topological polar surface area (TPSA) is 186 Å². The first kappa shape index (κ1) is 36.5. The molecule has 0 bridgehead atoms. The molecule has 1 radical (unpaired) electrons. The van der Waals surface area contributed by atoms with E-state index < -0.39 is 10.2 Å². The van der Waals surface area contributed by atoms with Gasteiger partial charge in [0.1, 0.15) is 0 Å². The summed E-state index contributed by atoms with van der Waals surface area (Å²) >= 11 is 0. The molecule has 2 aromatic rings. The Labute approximate surface area is 239 Å². The summed E-state index contributed by atoms with van der Waals surface area (Å²) < 4.78 is 34.0. The first-order chi connectivity index (χ1) is 17.7. The van der Waals surface area contributed by atoms with Gasteiger partial charge in [-0.25, -0.2) is 18.6 Å². The van der Waals surface area contributed by atoms with Crippen LogP contribution in [0.1, 0.15) is 48.9 Å². The number of halogens is 1. The van der Waals surface area contributed by atoms with Crippen LogP contribution in [0.25, 0.3) is 0 Å². The molecule has 4 N–H and O–H groups in total. The van der Waals surface area contributed by atoms with Crippen molar-refractivity contribution in [3.05, 3.63) is 58.7 Å². The van der Waals surface area contributed by atoms with Crippen LogP contribution in [0.5, 0.6) is 11.5 Å². The molecule has 0 aliphatic rings. The molecule has 0 heterocycles. The third kappa shape index (κ3) is 17.2. The van der Waals surface area contributed by atoms with E-state index >= 15 is 0 Å². The zero-order valence-corrected chi connectivity index (χ0v) is 24.0. The molecule has 215 valence electrons. The van der Waals surface area contributed by atoms with Gasteiger partial charge in [-0.3, -0.25) is 0 Å². The monoisotopic (exact) mass is 595 g/mol. The summed E-state index contributed by atoms with van der Waals surface area (Å²) in [6.07, 6.45) is 3.65. The molecule has 0 saturated carbocycles. The van der Waals surface area contributed by atoms with Crippen LogP contribution >= 0.6 is 0 Å². The molecule has 2 rings (SSSR count). The predicted octanol–water partition coefficient (Wildman–Crippen LogP) is -2.96. The minimum atomic E-state index is -4.94. The van der Waals surface area contributed by atoms with Crippen LogP contribution in [-0.4, -0.2) is 39.3 Å². The second kappa shape index (κ2) is 21.4. The number of aryl methyl sites for hydroxylation is 2. The molecule has 38 heavy (non-hydrogen) atoms. The van der Waals surface area contributed by atoms with Gasteiger partial charge in [0, 0.05) is 26.2 Å². The van der Waals surface area contributed by atoms with E-state index in [1.54, 1.807) is 0 Å². The number of hydrogen-bond donors (Lipinski definition) is 4. The van der Waals surface area contributed by atoms with Crippen LogP contribution in [0.4, 0.5) is 0 Å². The summed E-state index contributed by atoms with van der Waals surface area (Å²) in [5.41, 5.74) is 3.51. The van der Waals surface area contributed by atoms with Gasteiger partial charge in [-0.2, -0.15) is 0 Å². The molecule has 0 unspecified atom stereocenters. The van der Waals surface area contributed by atoms with Crippen LogP contribution in [-0.2, 0) is 43.0 Å². The van der Waals surface area contributed by atoms with Gasteiger partial charge in [0.2, 0.25) is 0 Å². The third-order valence-corrected chi connectivity index (χ3v) is 5.64. The van der Waals surface area contributed by atoms with Crippen molar-refractivity contribution in [3.63, 3.8) is 0 Å². The predicted molar refractivity (Wildman–Crippen MR) is 129 cm³/mol. The molecule has 0 spiro atoms. The van der Waals surface area contributed by atoms with Crippen molar-refractivity contribution in [1.82, 2.24) is 21.3 Å². The van der Waals surface area contributed by atoms with Crippen molar-refractivity contribution in [2.45, 2.75) is 52.6 Å². The Morgan fingerprint density at radius 1 is 0.553 bits per heavy atom. The van der Waals surface area contributed by atoms with Crippen molar-refractivity contribution in [2.75, 3.05) is 39.3 Å². The number of rotatable bonds is 17. The van der Waals surface area contributed by atoms with Crippen LogP contribution in [0.15, 0.2) is 36.4 Å². The summed E-state index contributed by atoms with van der Waals surface area (Å²) in [4.78, 5) is 0. The number of para-hydroxylation sites is 2. The zero-order chi connectivity index (χ0) is 27.5. The Bertz CT molecular complexity index is 818. The van der Waals surface area contributed by atoms with Crippen molar-refractivity contribution in [1.29, 1.82) is 0 Å². The maximum absolute atomic E-state index is 12.2. The molecule has 2 aromatic carbocycles. The van der Waals surface area contributed by atoms with E-state index in [0.717, 1.165) is 87.2 Å². The number of benzene rings is 2. The van der Waals surface area contributed by atoms with Crippen LogP contribution < -0.4 is 50.1 Å². The molecular formula is C26H40ClFeN4O6. The van der Waals surface area contributed by atoms with Gasteiger partial charge in [0.15, 0.2) is 0 Å². The minimum Gasteiger partial charge on any atom is -0.872 e. The third-order valence-electron chi connectivity index (χ3n) is 5.64. The Morgan fingerprint density at radius 2 is 0.868 bits per heavy atom. The summed E-state index contributed by atoms with van der Waals surface area (Å²) in [6, 6.07) is 11.6. The average molecular weight is 596 g/mol. The van der Waals surface area contributed by atoms with Gasteiger partial charge in [0.05, 0.1) is 0 Å². The second-order valence-corrected chi connectivity index (χ2v) is 9.21. The van der Waals surface area contributed by atoms with E-state index in [0.29, 0.717) is 13.1 Å². The van der Waals surface area contributed by atoms with Crippen LogP contribution in [0, 0.1) is 10.2 Å². The van der Waals surface area contributed by atoms with E-state index in [9.17, 15) is 10.2 Å². The first-order valence-corrected chi connectivity index (χ1v) is 13.9. The SMILES string of the molecule is CCc1cccc(CNCCCNCCNCCCNCc2cccc(CC)c2[O-])c1[O-].[Fe+3].[O-][Cl+3]([O-])([O-])[O-]. The zero-order valence-electron chi connectivity index (χ0n) is 22.1. The van der Waals surface area contributed by atoms with Crippen molar-refractivity contribution in [3.8, 4) is 11.5 Å². The van der Waals surface area contributed by atoms with Crippen molar-refractivity contribution >= 4 is 0 Å². The van der Waals surface area contributed by atoms with E-state index in [-0.39, 0.29) is 28.6 Å². The van der Waals surface area contributed by atoms with Crippen LogP contribution in [0.2, 0.25) is 0 Å². The molecule has 0 fully saturated rings. The molecule has 10 nitrogen and oxygen atoms in total. The number of hydrogen-bond acceptors (Lipinski definition) is 10. The van der Waals surface area contributed by atoms with Crippen LogP contribution in [0.3, 0.4) is 0 Å². The van der Waals surface area contributed by atoms with Gasteiger partial charge in [-0.05, 0) is 63.0 Å². The first-order valence-electron chi connectivity index (χ1n) is 12.7. The fourth-order valence-electron chi connectivity index (χ4n) is 3.66. The quantitative estimate of drug-likeness (QED) is 0.109. The van der Waals surface area contributed by atoms with Crippen molar-refractivity contribution < 1.29 is 56.2 Å². The van der Waals surface area contributed by atoms with E-state index in [4.69, 9.17) is 18.6 Å². The maximum Gasteiger partial charge on any atom is 3.00 e. The molecular weight excluding hydrogens is 556 g/mol. The second-order valence-electron chi connectivity index (χ2n) is 8.46. The fraction of sp³-hybridized carbons (Fsp3) is 0.538. The molecule has 0 amide bonds. The van der Waals surface area contributed by atoms with E-state index in [1.807, 2.05) is 50.2 Å². The maximum atomic E-state index is 12.2. The Hall–Kier alpha value is -1.47.